The Labute approximate surface area is 120 Å². The number of benzene rings is 2. The van der Waals surface area contributed by atoms with E-state index < -0.39 is 0 Å². The van der Waals surface area contributed by atoms with Crippen molar-refractivity contribution >= 4 is 11.5 Å². The lowest BCUT2D eigenvalue weighted by Crippen LogP contribution is -2.15. The zero-order valence-electron chi connectivity index (χ0n) is 12.6. The summed E-state index contributed by atoms with van der Waals surface area (Å²) in [5, 5.41) is 3.24. The van der Waals surface area contributed by atoms with Gasteiger partial charge in [0.1, 0.15) is 0 Å². The zero-order chi connectivity index (χ0) is 14.7. The van der Waals surface area contributed by atoms with E-state index in [-0.39, 0.29) is 5.78 Å². The Morgan fingerprint density at radius 3 is 2.25 bits per heavy atom. The van der Waals surface area contributed by atoms with E-state index in [2.05, 4.69) is 31.3 Å². The molecule has 2 nitrogen and oxygen atoms in total. The first kappa shape index (κ1) is 14.3. The average molecular weight is 267 g/mol. The summed E-state index contributed by atoms with van der Waals surface area (Å²) < 4.78 is 0. The third kappa shape index (κ3) is 3.27. The van der Waals surface area contributed by atoms with Gasteiger partial charge in [0, 0.05) is 11.3 Å². The molecule has 2 aromatic carbocycles. The minimum atomic E-state index is 0.131. The van der Waals surface area contributed by atoms with Crippen molar-refractivity contribution in [1.29, 1.82) is 0 Å². The van der Waals surface area contributed by atoms with E-state index in [0.29, 0.717) is 6.54 Å². The molecule has 2 heteroatoms. The van der Waals surface area contributed by atoms with E-state index >= 15 is 0 Å². The van der Waals surface area contributed by atoms with E-state index in [9.17, 15) is 4.79 Å². The van der Waals surface area contributed by atoms with Crippen molar-refractivity contribution in [2.75, 3.05) is 11.9 Å². The molecule has 0 aliphatic rings. The van der Waals surface area contributed by atoms with Crippen LogP contribution < -0.4 is 5.32 Å². The molecule has 0 unspecified atom stereocenters. The molecular weight excluding hydrogens is 246 g/mol. The van der Waals surface area contributed by atoms with Crippen LogP contribution in [0.5, 0.6) is 0 Å². The van der Waals surface area contributed by atoms with Gasteiger partial charge in [-0.2, -0.15) is 0 Å². The quantitative estimate of drug-likeness (QED) is 0.840. The first-order valence-corrected chi connectivity index (χ1v) is 6.89. The Kier molecular flexibility index (Phi) is 4.23. The summed E-state index contributed by atoms with van der Waals surface area (Å²) in [6, 6.07) is 12.2. The molecule has 2 rings (SSSR count). The number of carbonyl (C=O) groups excluding carboxylic acids is 1. The van der Waals surface area contributed by atoms with Crippen molar-refractivity contribution in [3.05, 3.63) is 64.2 Å². The van der Waals surface area contributed by atoms with Crippen LogP contribution in [0.4, 0.5) is 5.69 Å². The minimum absolute atomic E-state index is 0.131. The highest BCUT2D eigenvalue weighted by Gasteiger charge is 2.09. The van der Waals surface area contributed by atoms with Crippen molar-refractivity contribution in [2.24, 2.45) is 0 Å². The molecule has 0 heterocycles. The zero-order valence-corrected chi connectivity index (χ0v) is 12.6. The van der Waals surface area contributed by atoms with Gasteiger partial charge in [-0.1, -0.05) is 35.4 Å². The summed E-state index contributed by atoms with van der Waals surface area (Å²) in [5.74, 6) is 0.131. The smallest absolute Gasteiger partial charge is 0.182 e. The monoisotopic (exact) mass is 267 g/mol. The van der Waals surface area contributed by atoms with Gasteiger partial charge in [0.05, 0.1) is 6.54 Å². The van der Waals surface area contributed by atoms with Gasteiger partial charge in [0.25, 0.3) is 0 Å². The van der Waals surface area contributed by atoms with Crippen LogP contribution in [0.1, 0.15) is 32.6 Å². The molecule has 0 saturated heterocycles. The van der Waals surface area contributed by atoms with Gasteiger partial charge in [0.2, 0.25) is 0 Å². The molecule has 2 aromatic rings. The molecule has 0 radical (unpaired) electrons. The van der Waals surface area contributed by atoms with Crippen LogP contribution in [-0.2, 0) is 0 Å². The van der Waals surface area contributed by atoms with Crippen LogP contribution in [0.25, 0.3) is 0 Å². The highest BCUT2D eigenvalue weighted by Crippen LogP contribution is 2.17. The maximum Gasteiger partial charge on any atom is 0.182 e. The fourth-order valence-electron chi connectivity index (χ4n) is 2.32. The van der Waals surface area contributed by atoms with Crippen molar-refractivity contribution in [3.8, 4) is 0 Å². The summed E-state index contributed by atoms with van der Waals surface area (Å²) in [7, 11) is 0. The Bertz CT molecular complexity index is 644. The van der Waals surface area contributed by atoms with Gasteiger partial charge in [-0.3, -0.25) is 4.79 Å². The number of nitrogens with one attached hydrogen (secondary N) is 1. The molecular formula is C18H21NO. The van der Waals surface area contributed by atoms with Crippen LogP contribution in [0.2, 0.25) is 0 Å². The average Bonchev–Trinajstić information content (AvgIpc) is 2.40. The van der Waals surface area contributed by atoms with E-state index in [1.807, 2.05) is 38.1 Å². The summed E-state index contributed by atoms with van der Waals surface area (Å²) in [6.07, 6.45) is 0. The molecule has 0 atom stereocenters. The molecule has 0 aromatic heterocycles. The number of hydrogen-bond donors (Lipinski definition) is 1. The largest absolute Gasteiger partial charge is 0.377 e. The lowest BCUT2D eigenvalue weighted by molar-refractivity contribution is 0.101. The highest BCUT2D eigenvalue weighted by molar-refractivity contribution is 6.00. The Morgan fingerprint density at radius 1 is 0.900 bits per heavy atom. The minimum Gasteiger partial charge on any atom is -0.377 e. The lowest BCUT2D eigenvalue weighted by Gasteiger charge is -2.11. The SMILES string of the molecule is Cc1ccc(NCC(=O)c2cc(C)ccc2C)c(C)c1. The molecule has 0 fully saturated rings. The van der Waals surface area contributed by atoms with Crippen LogP contribution >= 0.6 is 0 Å². The fraction of sp³-hybridized carbons (Fsp3) is 0.278. The van der Waals surface area contributed by atoms with E-state index in [0.717, 1.165) is 22.4 Å². The number of hydrogen-bond acceptors (Lipinski definition) is 2. The molecule has 0 aliphatic carbocycles. The number of rotatable bonds is 4. The van der Waals surface area contributed by atoms with Crippen LogP contribution in [-0.4, -0.2) is 12.3 Å². The lowest BCUT2D eigenvalue weighted by atomic mass is 10.0. The van der Waals surface area contributed by atoms with Gasteiger partial charge in [0.15, 0.2) is 5.78 Å². The number of ketones is 1. The molecule has 20 heavy (non-hydrogen) atoms. The van der Waals surface area contributed by atoms with Gasteiger partial charge in [-0.15, -0.1) is 0 Å². The molecule has 0 spiro atoms. The first-order chi connectivity index (χ1) is 9.47. The van der Waals surface area contributed by atoms with E-state index in [4.69, 9.17) is 0 Å². The second kappa shape index (κ2) is 5.91. The first-order valence-electron chi connectivity index (χ1n) is 6.89. The Hall–Kier alpha value is -2.09. The maximum atomic E-state index is 12.3. The number of anilines is 1. The molecule has 0 bridgehead atoms. The normalized spacial score (nSPS) is 10.4. The van der Waals surface area contributed by atoms with Crippen LogP contribution in [0.3, 0.4) is 0 Å². The Morgan fingerprint density at radius 2 is 1.55 bits per heavy atom. The van der Waals surface area contributed by atoms with E-state index in [1.165, 1.54) is 11.1 Å². The summed E-state index contributed by atoms with van der Waals surface area (Å²) in [4.78, 5) is 12.3. The topological polar surface area (TPSA) is 29.1 Å². The molecule has 0 saturated carbocycles. The number of Topliss-reactive ketones (excluding diaryl/α,β-unsaturated/α-hetero) is 1. The van der Waals surface area contributed by atoms with Gasteiger partial charge in [-0.25, -0.2) is 0 Å². The standard InChI is InChI=1S/C18H21NO/c1-12-6-8-17(15(4)9-12)19-11-18(20)16-10-13(2)5-7-14(16)3/h5-10,19H,11H2,1-4H3. The van der Waals surface area contributed by atoms with Gasteiger partial charge < -0.3 is 5.32 Å². The van der Waals surface area contributed by atoms with Gasteiger partial charge in [-0.05, 0) is 51.0 Å². The maximum absolute atomic E-state index is 12.3. The van der Waals surface area contributed by atoms with Crippen molar-refractivity contribution in [1.82, 2.24) is 0 Å². The van der Waals surface area contributed by atoms with Crippen molar-refractivity contribution < 1.29 is 4.79 Å². The van der Waals surface area contributed by atoms with Crippen molar-refractivity contribution in [2.45, 2.75) is 27.7 Å². The number of aryl methyl sites for hydroxylation is 4. The van der Waals surface area contributed by atoms with Crippen LogP contribution in [0.15, 0.2) is 36.4 Å². The second-order valence-corrected chi connectivity index (χ2v) is 5.41. The molecule has 1 N–H and O–H groups in total. The summed E-state index contributed by atoms with van der Waals surface area (Å²) in [6.45, 7) is 8.43. The summed E-state index contributed by atoms with van der Waals surface area (Å²) >= 11 is 0. The predicted octanol–water partition coefficient (Wildman–Crippen LogP) is 4.22. The van der Waals surface area contributed by atoms with Gasteiger partial charge >= 0.3 is 0 Å². The van der Waals surface area contributed by atoms with Crippen molar-refractivity contribution in [3.63, 3.8) is 0 Å². The highest BCUT2D eigenvalue weighted by atomic mass is 16.1. The number of carbonyl (C=O) groups is 1. The molecule has 0 aliphatic heterocycles. The second-order valence-electron chi connectivity index (χ2n) is 5.41. The van der Waals surface area contributed by atoms with Crippen LogP contribution in [0, 0.1) is 27.7 Å². The third-order valence-corrected chi connectivity index (χ3v) is 3.51. The molecule has 104 valence electrons. The van der Waals surface area contributed by atoms with E-state index in [1.54, 1.807) is 0 Å². The summed E-state index contributed by atoms with van der Waals surface area (Å²) in [5.41, 5.74) is 6.37. The molecule has 0 amide bonds. The predicted molar refractivity (Wildman–Crippen MR) is 84.7 cm³/mol. The fourth-order valence-corrected chi connectivity index (χ4v) is 2.32. The third-order valence-electron chi connectivity index (χ3n) is 3.51. The Balaban J connectivity index is 2.10.